The average Bonchev–Trinajstić information content (AvgIpc) is 3.52. The number of pyridine rings is 1. The minimum atomic E-state index is 0.0226. The van der Waals surface area contributed by atoms with Crippen LogP contribution >= 0.6 is 11.8 Å². The lowest BCUT2D eigenvalue weighted by molar-refractivity contribution is -0.119. The van der Waals surface area contributed by atoms with Crippen molar-refractivity contribution >= 4 is 23.2 Å². The van der Waals surface area contributed by atoms with Crippen molar-refractivity contribution in [3.63, 3.8) is 0 Å². The van der Waals surface area contributed by atoms with E-state index < -0.39 is 0 Å². The molecule has 0 radical (unpaired) electrons. The number of hydrogen-bond donors (Lipinski definition) is 1. The number of aromatic nitrogens is 4. The normalized spacial score (nSPS) is 17.6. The highest BCUT2D eigenvalue weighted by atomic mass is 32.2. The van der Waals surface area contributed by atoms with E-state index in [1.807, 2.05) is 41.3 Å². The van der Waals surface area contributed by atoms with Gasteiger partial charge < -0.3 is 5.32 Å². The summed E-state index contributed by atoms with van der Waals surface area (Å²) in [6.45, 7) is 1.56. The highest BCUT2D eigenvalue weighted by Crippen LogP contribution is 2.37. The van der Waals surface area contributed by atoms with E-state index in [0.29, 0.717) is 17.2 Å². The Hall–Kier alpha value is -4.08. The first-order valence-corrected chi connectivity index (χ1v) is 12.3. The molecular weight excluding hydrogens is 458 g/mol. The fourth-order valence-corrected chi connectivity index (χ4v) is 5.72. The molecule has 9 heteroatoms. The number of nitriles is 2. The largest absolute Gasteiger partial charge is 0.354 e. The van der Waals surface area contributed by atoms with Crippen LogP contribution in [0.3, 0.4) is 0 Å². The van der Waals surface area contributed by atoms with Crippen molar-refractivity contribution in [2.24, 2.45) is 0 Å². The number of fused-ring (bicyclic) bond motifs is 1. The maximum absolute atomic E-state index is 11.3. The lowest BCUT2D eigenvalue weighted by atomic mass is 9.91. The number of hydrogen-bond acceptors (Lipinski definition) is 6. The quantitative estimate of drug-likeness (QED) is 0.442. The molecule has 5 rings (SSSR count). The molecule has 4 aromatic rings. The van der Waals surface area contributed by atoms with Gasteiger partial charge in [-0.15, -0.1) is 0 Å². The Morgan fingerprint density at radius 2 is 1.77 bits per heavy atom. The molecule has 0 unspecified atom stereocenters. The zero-order valence-corrected chi connectivity index (χ0v) is 20.0. The lowest BCUT2D eigenvalue weighted by Crippen LogP contribution is -2.36. The van der Waals surface area contributed by atoms with Gasteiger partial charge >= 0.3 is 0 Å². The summed E-state index contributed by atoms with van der Waals surface area (Å²) in [5.41, 5.74) is 3.68. The van der Waals surface area contributed by atoms with Crippen LogP contribution in [0.1, 0.15) is 49.8 Å². The Kier molecular flexibility index (Phi) is 6.26. The van der Waals surface area contributed by atoms with Crippen molar-refractivity contribution in [1.29, 1.82) is 10.5 Å². The van der Waals surface area contributed by atoms with Gasteiger partial charge in [-0.1, -0.05) is 23.9 Å². The van der Waals surface area contributed by atoms with Gasteiger partial charge in [0.1, 0.15) is 12.1 Å². The van der Waals surface area contributed by atoms with Crippen molar-refractivity contribution in [2.45, 2.75) is 54.5 Å². The number of carbonyl (C=O) groups excluding carboxylic acids is 1. The van der Waals surface area contributed by atoms with Crippen LogP contribution in [0.5, 0.6) is 0 Å². The number of benzene rings is 1. The second-order valence-corrected chi connectivity index (χ2v) is 9.77. The Morgan fingerprint density at radius 3 is 2.51 bits per heavy atom. The lowest BCUT2D eigenvalue weighted by Gasteiger charge is -2.28. The molecule has 3 heterocycles. The van der Waals surface area contributed by atoms with Crippen molar-refractivity contribution in [3.05, 3.63) is 66.2 Å². The van der Waals surface area contributed by atoms with Crippen LogP contribution in [0.4, 0.5) is 0 Å². The van der Waals surface area contributed by atoms with Crippen LogP contribution in [-0.4, -0.2) is 31.3 Å². The van der Waals surface area contributed by atoms with Crippen LogP contribution in [0, 0.1) is 22.7 Å². The summed E-state index contributed by atoms with van der Waals surface area (Å²) in [5.74, 6) is 0.0226. The zero-order valence-electron chi connectivity index (χ0n) is 19.2. The Balaban J connectivity index is 1.46. The number of nitrogens with zero attached hydrogens (tertiary/aromatic N) is 6. The molecule has 0 bridgehead atoms. The van der Waals surface area contributed by atoms with Gasteiger partial charge in [-0.3, -0.25) is 9.48 Å². The molecular formula is C26H23N7OS. The second-order valence-electron chi connectivity index (χ2n) is 8.68. The van der Waals surface area contributed by atoms with Crippen LogP contribution in [-0.2, 0) is 4.79 Å². The second kappa shape index (κ2) is 9.65. The van der Waals surface area contributed by atoms with E-state index in [-0.39, 0.29) is 11.9 Å². The number of nitrogens with one attached hydrogen (secondary N) is 1. The molecule has 0 atom stereocenters. The molecule has 1 N–H and O–H groups in total. The molecule has 8 nitrogen and oxygen atoms in total. The first kappa shape index (κ1) is 22.7. The third-order valence-corrected chi connectivity index (χ3v) is 7.44. The van der Waals surface area contributed by atoms with Crippen molar-refractivity contribution in [3.8, 4) is 23.3 Å². The van der Waals surface area contributed by atoms with E-state index in [1.165, 1.54) is 11.8 Å². The fourth-order valence-electron chi connectivity index (χ4n) is 4.63. The molecule has 35 heavy (non-hydrogen) atoms. The molecule has 1 aliphatic carbocycles. The molecule has 0 saturated heterocycles. The smallest absolute Gasteiger partial charge is 0.217 e. The molecule has 1 aliphatic rings. The van der Waals surface area contributed by atoms with Gasteiger partial charge in [0.05, 0.1) is 35.1 Å². The topological polar surface area (TPSA) is 112 Å². The summed E-state index contributed by atoms with van der Waals surface area (Å²) in [7, 11) is 0. The van der Waals surface area contributed by atoms with Crippen molar-refractivity contribution in [1.82, 2.24) is 24.7 Å². The molecule has 174 valence electrons. The number of amides is 1. The standard InChI is InChI=1S/C26H23N7OS/c1-17(34)31-22-6-8-23(9-7-22)32-16-21(14-29-32)19-10-25(26-20(12-28)13-30-33(26)15-19)35-24-5-3-2-4-18(24)11-27/h2-5,10,13-16,22-23H,6-9H2,1H3,(H,31,34). The molecule has 1 saturated carbocycles. The number of carbonyl (C=O) groups is 1. The zero-order chi connectivity index (χ0) is 24.4. The van der Waals surface area contributed by atoms with E-state index in [1.54, 1.807) is 23.7 Å². The summed E-state index contributed by atoms with van der Waals surface area (Å²) in [6, 6.07) is 14.5. The van der Waals surface area contributed by atoms with Crippen LogP contribution in [0.15, 0.2) is 64.9 Å². The Bertz CT molecular complexity index is 1480. The van der Waals surface area contributed by atoms with Crippen molar-refractivity contribution in [2.75, 3.05) is 0 Å². The van der Waals surface area contributed by atoms with Gasteiger partial charge in [0, 0.05) is 46.3 Å². The highest BCUT2D eigenvalue weighted by Gasteiger charge is 2.24. The summed E-state index contributed by atoms with van der Waals surface area (Å²) in [6.07, 6.45) is 11.2. The minimum Gasteiger partial charge on any atom is -0.354 e. The molecule has 1 fully saturated rings. The van der Waals surface area contributed by atoms with Crippen molar-refractivity contribution < 1.29 is 4.79 Å². The fraction of sp³-hybridized carbons (Fsp3) is 0.269. The molecule has 1 aromatic carbocycles. The monoisotopic (exact) mass is 481 g/mol. The Labute approximate surface area is 207 Å². The molecule has 0 aliphatic heterocycles. The number of rotatable bonds is 5. The minimum absolute atomic E-state index is 0.0226. The first-order chi connectivity index (χ1) is 17.1. The van der Waals surface area contributed by atoms with E-state index in [9.17, 15) is 15.3 Å². The van der Waals surface area contributed by atoms with Crippen LogP contribution in [0.25, 0.3) is 16.6 Å². The first-order valence-electron chi connectivity index (χ1n) is 11.5. The van der Waals surface area contributed by atoms with Crippen LogP contribution < -0.4 is 5.32 Å². The van der Waals surface area contributed by atoms with Gasteiger partial charge in [0.15, 0.2) is 0 Å². The van der Waals surface area contributed by atoms with Gasteiger partial charge in [-0.05, 0) is 43.9 Å². The van der Waals surface area contributed by atoms with Gasteiger partial charge in [0.2, 0.25) is 5.91 Å². The van der Waals surface area contributed by atoms with Gasteiger partial charge in [0.25, 0.3) is 0 Å². The van der Waals surface area contributed by atoms with E-state index in [0.717, 1.165) is 52.1 Å². The van der Waals surface area contributed by atoms with Gasteiger partial charge in [-0.2, -0.15) is 20.7 Å². The third-order valence-electron chi connectivity index (χ3n) is 6.34. The predicted molar refractivity (Wildman–Crippen MR) is 132 cm³/mol. The molecule has 1 amide bonds. The molecule has 3 aromatic heterocycles. The van der Waals surface area contributed by atoms with E-state index in [4.69, 9.17) is 0 Å². The average molecular weight is 482 g/mol. The summed E-state index contributed by atoms with van der Waals surface area (Å²) >= 11 is 1.46. The maximum atomic E-state index is 11.3. The predicted octanol–water partition coefficient (Wildman–Crippen LogP) is 4.71. The SMILES string of the molecule is CC(=O)NC1CCC(n2cc(-c3cc(Sc4ccccc4C#N)c4c(C#N)cnn4c3)cn2)CC1. The highest BCUT2D eigenvalue weighted by molar-refractivity contribution is 7.99. The summed E-state index contributed by atoms with van der Waals surface area (Å²) in [5, 5.41) is 31.2. The van der Waals surface area contributed by atoms with E-state index in [2.05, 4.69) is 33.8 Å². The molecule has 0 spiro atoms. The van der Waals surface area contributed by atoms with E-state index >= 15 is 0 Å². The van der Waals surface area contributed by atoms with Crippen LogP contribution in [0.2, 0.25) is 0 Å². The Morgan fingerprint density at radius 1 is 1.00 bits per heavy atom. The van der Waals surface area contributed by atoms with Gasteiger partial charge in [-0.25, -0.2) is 4.52 Å². The summed E-state index contributed by atoms with van der Waals surface area (Å²) < 4.78 is 3.74. The third kappa shape index (κ3) is 4.64. The summed E-state index contributed by atoms with van der Waals surface area (Å²) in [4.78, 5) is 13.0. The maximum Gasteiger partial charge on any atom is 0.217 e.